The highest BCUT2D eigenvalue weighted by molar-refractivity contribution is 8.93. The summed E-state index contributed by atoms with van der Waals surface area (Å²) in [5, 5.41) is 6.89. The number of halogens is 1. The van der Waals surface area contributed by atoms with Crippen LogP contribution in [0.2, 0.25) is 0 Å². The minimum Gasteiger partial charge on any atom is -0.463 e. The number of hydrogen-bond donors (Lipinski definition) is 1. The van der Waals surface area contributed by atoms with Gasteiger partial charge in [-0.15, -0.1) is 28.3 Å². The highest BCUT2D eigenvalue weighted by Crippen LogP contribution is 2.27. The van der Waals surface area contributed by atoms with E-state index in [-0.39, 0.29) is 17.0 Å². The quantitative estimate of drug-likeness (QED) is 0.511. The van der Waals surface area contributed by atoms with Gasteiger partial charge in [-0.2, -0.15) is 5.10 Å². The molecular weight excluding hydrogens is 362 g/mol. The van der Waals surface area contributed by atoms with E-state index in [1.165, 1.54) is 22.5 Å². The first-order valence-electron chi connectivity index (χ1n) is 6.58. The van der Waals surface area contributed by atoms with Crippen molar-refractivity contribution in [3.05, 3.63) is 58.9 Å². The summed E-state index contributed by atoms with van der Waals surface area (Å²) in [6.07, 6.45) is 3.24. The molecule has 6 heteroatoms. The van der Waals surface area contributed by atoms with Crippen LogP contribution >= 0.6 is 28.3 Å². The number of benzene rings is 1. The van der Waals surface area contributed by atoms with Crippen molar-refractivity contribution in [2.24, 2.45) is 5.10 Å². The third kappa shape index (κ3) is 3.84. The Labute approximate surface area is 143 Å². The molecule has 0 fully saturated rings. The number of furan rings is 1. The second-order valence-electron chi connectivity index (χ2n) is 4.74. The van der Waals surface area contributed by atoms with E-state index in [1.54, 1.807) is 12.5 Å². The van der Waals surface area contributed by atoms with Gasteiger partial charge in [-0.25, -0.2) is 4.98 Å². The van der Waals surface area contributed by atoms with Gasteiger partial charge < -0.3 is 4.42 Å². The molecule has 0 aliphatic rings. The number of nitrogens with zero attached hydrogens (tertiary/aromatic N) is 2. The van der Waals surface area contributed by atoms with Crippen LogP contribution in [-0.4, -0.2) is 11.2 Å². The van der Waals surface area contributed by atoms with Gasteiger partial charge in [0.2, 0.25) is 5.13 Å². The first kappa shape index (κ1) is 16.5. The molecule has 3 aromatic rings. The van der Waals surface area contributed by atoms with Crippen LogP contribution in [0.4, 0.5) is 5.13 Å². The molecular formula is C16H16BrN3OS. The summed E-state index contributed by atoms with van der Waals surface area (Å²) < 4.78 is 5.17. The third-order valence-electron chi connectivity index (χ3n) is 3.06. The Morgan fingerprint density at radius 1 is 1.27 bits per heavy atom. The van der Waals surface area contributed by atoms with E-state index < -0.39 is 0 Å². The molecule has 22 heavy (non-hydrogen) atoms. The fourth-order valence-corrected chi connectivity index (χ4v) is 2.73. The predicted molar refractivity (Wildman–Crippen MR) is 97.3 cm³/mol. The van der Waals surface area contributed by atoms with E-state index in [4.69, 9.17) is 4.42 Å². The molecule has 0 radical (unpaired) electrons. The number of rotatable bonds is 4. The molecule has 0 amide bonds. The lowest BCUT2D eigenvalue weighted by molar-refractivity contribution is 0.560. The average Bonchev–Trinajstić information content (AvgIpc) is 3.10. The van der Waals surface area contributed by atoms with Crippen LogP contribution < -0.4 is 5.43 Å². The Morgan fingerprint density at radius 3 is 2.86 bits per heavy atom. The van der Waals surface area contributed by atoms with Crippen molar-refractivity contribution in [3.8, 4) is 11.3 Å². The van der Waals surface area contributed by atoms with Gasteiger partial charge in [0.15, 0.2) is 0 Å². The zero-order chi connectivity index (χ0) is 14.7. The van der Waals surface area contributed by atoms with Gasteiger partial charge in [0.05, 0.1) is 18.2 Å². The number of thiazole rings is 1. The van der Waals surface area contributed by atoms with Crippen molar-refractivity contribution in [1.82, 2.24) is 4.98 Å². The maximum atomic E-state index is 5.17. The number of anilines is 1. The monoisotopic (exact) mass is 377 g/mol. The lowest BCUT2D eigenvalue weighted by Crippen LogP contribution is -1.90. The Kier molecular flexibility index (Phi) is 5.51. The molecule has 4 nitrogen and oxygen atoms in total. The van der Waals surface area contributed by atoms with Crippen molar-refractivity contribution >= 4 is 39.7 Å². The Hall–Kier alpha value is -1.92. The van der Waals surface area contributed by atoms with Gasteiger partial charge >= 0.3 is 0 Å². The first-order valence-corrected chi connectivity index (χ1v) is 7.46. The summed E-state index contributed by atoms with van der Waals surface area (Å²) in [4.78, 5) is 4.55. The van der Waals surface area contributed by atoms with Gasteiger partial charge in [-0.1, -0.05) is 23.8 Å². The summed E-state index contributed by atoms with van der Waals surface area (Å²) in [6, 6.07) is 10.0. The number of aryl methyl sites for hydroxylation is 2. The van der Waals surface area contributed by atoms with Crippen molar-refractivity contribution in [3.63, 3.8) is 0 Å². The molecule has 1 aromatic carbocycles. The molecule has 0 aliphatic heterocycles. The van der Waals surface area contributed by atoms with E-state index in [0.717, 1.165) is 16.4 Å². The van der Waals surface area contributed by atoms with Gasteiger partial charge in [0, 0.05) is 10.9 Å². The van der Waals surface area contributed by atoms with Crippen LogP contribution in [0.3, 0.4) is 0 Å². The molecule has 0 bridgehead atoms. The molecule has 2 heterocycles. The number of hydrogen-bond acceptors (Lipinski definition) is 5. The summed E-state index contributed by atoms with van der Waals surface area (Å²) in [7, 11) is 0. The molecule has 0 atom stereocenters. The number of aromatic nitrogens is 1. The van der Waals surface area contributed by atoms with E-state index in [9.17, 15) is 0 Å². The third-order valence-corrected chi connectivity index (χ3v) is 3.80. The normalized spacial score (nSPS) is 10.6. The lowest BCUT2D eigenvalue weighted by atomic mass is 10.0. The van der Waals surface area contributed by atoms with Crippen molar-refractivity contribution in [1.29, 1.82) is 0 Å². The highest BCUT2D eigenvalue weighted by Gasteiger charge is 2.06. The maximum absolute atomic E-state index is 5.17. The fourth-order valence-electron chi connectivity index (χ4n) is 2.07. The first-order chi connectivity index (χ1) is 10.2. The Morgan fingerprint density at radius 2 is 2.14 bits per heavy atom. The Bertz CT molecular complexity index is 766. The second kappa shape index (κ2) is 7.38. The zero-order valence-electron chi connectivity index (χ0n) is 12.2. The number of nitrogens with one attached hydrogen (secondary N) is 1. The summed E-state index contributed by atoms with van der Waals surface area (Å²) >= 11 is 1.53. The fraction of sp³-hybridized carbons (Fsp3) is 0.125. The van der Waals surface area contributed by atoms with Crippen molar-refractivity contribution in [2.45, 2.75) is 13.8 Å². The molecule has 0 spiro atoms. The topological polar surface area (TPSA) is 50.4 Å². The molecule has 0 saturated carbocycles. The van der Waals surface area contributed by atoms with E-state index in [2.05, 4.69) is 47.6 Å². The van der Waals surface area contributed by atoms with E-state index in [1.807, 2.05) is 17.5 Å². The van der Waals surface area contributed by atoms with Crippen LogP contribution in [0.15, 0.2) is 51.5 Å². The van der Waals surface area contributed by atoms with Crippen LogP contribution in [0.1, 0.15) is 16.9 Å². The smallest absolute Gasteiger partial charge is 0.203 e. The lowest BCUT2D eigenvalue weighted by Gasteiger charge is -2.03. The minimum absolute atomic E-state index is 0. The molecule has 0 aliphatic carbocycles. The molecule has 0 unspecified atom stereocenters. The van der Waals surface area contributed by atoms with Crippen molar-refractivity contribution < 1.29 is 4.42 Å². The number of hydrazone groups is 1. The highest BCUT2D eigenvalue weighted by atomic mass is 79.9. The average molecular weight is 378 g/mol. The summed E-state index contributed by atoms with van der Waals surface area (Å²) in [6.45, 7) is 4.19. The molecule has 114 valence electrons. The molecule has 2 aromatic heterocycles. The van der Waals surface area contributed by atoms with Crippen LogP contribution in [0.25, 0.3) is 11.3 Å². The van der Waals surface area contributed by atoms with Crippen LogP contribution in [0.5, 0.6) is 0 Å². The Balaban J connectivity index is 0.00000176. The van der Waals surface area contributed by atoms with Gasteiger partial charge in [-0.3, -0.25) is 5.43 Å². The standard InChI is InChI=1S/C16H15N3OS.BrH/c1-11-5-6-14(12(2)8-11)15-10-21-16(18-15)19-17-9-13-4-3-7-20-13;/h3-10H,1-2H3,(H,18,19);1H/b17-9+;. The second-order valence-corrected chi connectivity index (χ2v) is 5.60. The maximum Gasteiger partial charge on any atom is 0.203 e. The SMILES string of the molecule is Br.Cc1ccc(-c2csc(N/N=C/c3ccco3)n2)c(C)c1. The molecule has 1 N–H and O–H groups in total. The minimum atomic E-state index is 0. The van der Waals surface area contributed by atoms with Gasteiger partial charge in [0.1, 0.15) is 5.76 Å². The van der Waals surface area contributed by atoms with E-state index >= 15 is 0 Å². The predicted octanol–water partition coefficient (Wildman–Crippen LogP) is 5.04. The molecule has 3 rings (SSSR count). The van der Waals surface area contributed by atoms with Gasteiger partial charge in [-0.05, 0) is 31.5 Å². The van der Waals surface area contributed by atoms with Gasteiger partial charge in [0.25, 0.3) is 0 Å². The zero-order valence-corrected chi connectivity index (χ0v) is 14.8. The van der Waals surface area contributed by atoms with Crippen LogP contribution in [-0.2, 0) is 0 Å². The van der Waals surface area contributed by atoms with Crippen molar-refractivity contribution in [2.75, 3.05) is 5.43 Å². The van der Waals surface area contributed by atoms with E-state index in [0.29, 0.717) is 5.76 Å². The largest absolute Gasteiger partial charge is 0.463 e. The van der Waals surface area contributed by atoms with Crippen LogP contribution in [0, 0.1) is 13.8 Å². The summed E-state index contributed by atoms with van der Waals surface area (Å²) in [5.41, 5.74) is 7.52. The summed E-state index contributed by atoms with van der Waals surface area (Å²) in [5.74, 6) is 0.702. The molecule has 0 saturated heterocycles.